The molecular formula is C19H22N2O5S. The average Bonchev–Trinajstić information content (AvgIpc) is 2.66. The number of nitrogens with zero attached hydrogens (tertiary/aromatic N) is 1. The van der Waals surface area contributed by atoms with Crippen molar-refractivity contribution >= 4 is 27.3 Å². The van der Waals surface area contributed by atoms with Crippen molar-refractivity contribution in [3.63, 3.8) is 0 Å². The fraction of sp³-hybridized carbons (Fsp3) is 0.263. The third-order valence-corrected chi connectivity index (χ3v) is 5.58. The number of benzene rings is 2. The Bertz CT molecular complexity index is 897. The van der Waals surface area contributed by atoms with Gasteiger partial charge in [-0.25, -0.2) is 8.42 Å². The SMILES string of the molecule is COc1cccc(NC(=O)CN(C)C(=O)CCS(=O)(=O)c2ccccc2)c1. The molecule has 144 valence electrons. The molecule has 27 heavy (non-hydrogen) atoms. The third kappa shape index (κ3) is 6.10. The van der Waals surface area contributed by atoms with Crippen molar-refractivity contribution in [1.82, 2.24) is 4.90 Å². The van der Waals surface area contributed by atoms with Crippen LogP contribution in [0.1, 0.15) is 6.42 Å². The summed E-state index contributed by atoms with van der Waals surface area (Å²) in [7, 11) is -0.550. The Balaban J connectivity index is 1.86. The van der Waals surface area contributed by atoms with Crippen LogP contribution < -0.4 is 10.1 Å². The highest BCUT2D eigenvalue weighted by Gasteiger charge is 2.19. The monoisotopic (exact) mass is 390 g/mol. The van der Waals surface area contributed by atoms with Gasteiger partial charge in [0.25, 0.3) is 0 Å². The van der Waals surface area contributed by atoms with E-state index in [9.17, 15) is 18.0 Å². The average molecular weight is 390 g/mol. The van der Waals surface area contributed by atoms with Gasteiger partial charge in [-0.3, -0.25) is 9.59 Å². The van der Waals surface area contributed by atoms with E-state index in [0.717, 1.165) is 0 Å². The van der Waals surface area contributed by atoms with Crippen molar-refractivity contribution in [2.24, 2.45) is 0 Å². The van der Waals surface area contributed by atoms with Crippen LogP contribution in [0.5, 0.6) is 5.75 Å². The minimum Gasteiger partial charge on any atom is -0.497 e. The summed E-state index contributed by atoms with van der Waals surface area (Å²) in [6, 6.07) is 14.8. The smallest absolute Gasteiger partial charge is 0.243 e. The van der Waals surface area contributed by atoms with Gasteiger partial charge < -0.3 is 15.0 Å². The molecule has 0 aliphatic carbocycles. The van der Waals surface area contributed by atoms with Gasteiger partial charge in [-0.05, 0) is 24.3 Å². The molecule has 0 saturated carbocycles. The summed E-state index contributed by atoms with van der Waals surface area (Å²) in [6.45, 7) is -0.179. The number of nitrogens with one attached hydrogen (secondary N) is 1. The van der Waals surface area contributed by atoms with Crippen LogP contribution in [0.4, 0.5) is 5.69 Å². The minimum atomic E-state index is -3.54. The predicted octanol–water partition coefficient (Wildman–Crippen LogP) is 1.96. The van der Waals surface area contributed by atoms with E-state index in [0.29, 0.717) is 11.4 Å². The fourth-order valence-electron chi connectivity index (χ4n) is 2.36. The Morgan fingerprint density at radius 1 is 1.07 bits per heavy atom. The highest BCUT2D eigenvalue weighted by molar-refractivity contribution is 7.91. The number of likely N-dealkylation sites (N-methyl/N-ethyl adjacent to an activating group) is 1. The summed E-state index contributed by atoms with van der Waals surface area (Å²) < 4.78 is 29.5. The predicted molar refractivity (Wildman–Crippen MR) is 102 cm³/mol. The lowest BCUT2D eigenvalue weighted by Gasteiger charge is -2.17. The van der Waals surface area contributed by atoms with Gasteiger partial charge in [-0.1, -0.05) is 24.3 Å². The molecule has 7 nitrogen and oxygen atoms in total. The number of hydrogen-bond acceptors (Lipinski definition) is 5. The molecule has 1 N–H and O–H groups in total. The van der Waals surface area contributed by atoms with Crippen LogP contribution in [-0.2, 0) is 19.4 Å². The van der Waals surface area contributed by atoms with Gasteiger partial charge >= 0.3 is 0 Å². The Hall–Kier alpha value is -2.87. The molecule has 0 unspecified atom stereocenters. The Morgan fingerprint density at radius 2 is 1.78 bits per heavy atom. The Labute approximate surface area is 158 Å². The van der Waals surface area contributed by atoms with Crippen LogP contribution in [-0.4, -0.2) is 51.6 Å². The van der Waals surface area contributed by atoms with Crippen LogP contribution in [0, 0.1) is 0 Å². The standard InChI is InChI=1S/C19H22N2O5S/c1-21(14-18(22)20-15-7-6-8-16(13-15)26-2)19(23)11-12-27(24,25)17-9-4-3-5-10-17/h3-10,13H,11-12,14H2,1-2H3,(H,20,22). The zero-order chi connectivity index (χ0) is 19.9. The number of carbonyl (C=O) groups is 2. The molecule has 0 spiro atoms. The van der Waals surface area contributed by atoms with E-state index >= 15 is 0 Å². The second kappa shape index (κ2) is 9.18. The molecule has 8 heteroatoms. The van der Waals surface area contributed by atoms with E-state index in [4.69, 9.17) is 4.74 Å². The molecule has 0 saturated heterocycles. The highest BCUT2D eigenvalue weighted by Crippen LogP contribution is 2.16. The summed E-state index contributed by atoms with van der Waals surface area (Å²) in [4.78, 5) is 25.6. The van der Waals surface area contributed by atoms with Crippen molar-refractivity contribution < 1.29 is 22.7 Å². The fourth-order valence-corrected chi connectivity index (χ4v) is 3.61. The zero-order valence-corrected chi connectivity index (χ0v) is 16.0. The zero-order valence-electron chi connectivity index (χ0n) is 15.2. The first-order valence-electron chi connectivity index (χ1n) is 8.27. The minimum absolute atomic E-state index is 0.177. The first-order chi connectivity index (χ1) is 12.8. The number of ether oxygens (including phenoxy) is 1. The van der Waals surface area contributed by atoms with Crippen LogP contribution in [0.15, 0.2) is 59.5 Å². The maximum atomic E-state index is 12.2. The molecule has 0 atom stereocenters. The number of anilines is 1. The lowest BCUT2D eigenvalue weighted by Crippen LogP contribution is -2.35. The van der Waals surface area contributed by atoms with Gasteiger partial charge in [0.15, 0.2) is 9.84 Å². The van der Waals surface area contributed by atoms with Crippen molar-refractivity contribution in [2.75, 3.05) is 31.8 Å². The lowest BCUT2D eigenvalue weighted by atomic mass is 10.3. The van der Waals surface area contributed by atoms with Gasteiger partial charge in [0.2, 0.25) is 11.8 Å². The third-order valence-electron chi connectivity index (χ3n) is 3.85. The van der Waals surface area contributed by atoms with Gasteiger partial charge in [0.05, 0.1) is 24.3 Å². The molecule has 0 fully saturated rings. The highest BCUT2D eigenvalue weighted by atomic mass is 32.2. The van der Waals surface area contributed by atoms with Crippen LogP contribution >= 0.6 is 0 Å². The van der Waals surface area contributed by atoms with Crippen LogP contribution in [0.25, 0.3) is 0 Å². The van der Waals surface area contributed by atoms with E-state index in [-0.39, 0.29) is 29.5 Å². The molecule has 0 aliphatic rings. The van der Waals surface area contributed by atoms with E-state index in [1.54, 1.807) is 42.5 Å². The number of carbonyl (C=O) groups excluding carboxylic acids is 2. The largest absolute Gasteiger partial charge is 0.497 e. The molecule has 0 bridgehead atoms. The number of rotatable bonds is 8. The maximum absolute atomic E-state index is 12.2. The van der Waals surface area contributed by atoms with Crippen molar-refractivity contribution in [2.45, 2.75) is 11.3 Å². The quantitative estimate of drug-likeness (QED) is 0.744. The van der Waals surface area contributed by atoms with Crippen LogP contribution in [0.3, 0.4) is 0 Å². The molecule has 0 heterocycles. The summed E-state index contributed by atoms with van der Waals surface area (Å²) in [5.74, 6) is -0.513. The number of amides is 2. The molecule has 2 aromatic carbocycles. The molecule has 0 radical (unpaired) electrons. The molecule has 2 rings (SSSR count). The maximum Gasteiger partial charge on any atom is 0.243 e. The van der Waals surface area contributed by atoms with Crippen LogP contribution in [0.2, 0.25) is 0 Å². The molecule has 2 amide bonds. The summed E-state index contributed by atoms with van der Waals surface area (Å²) in [6.07, 6.45) is -0.194. The Kier molecular flexibility index (Phi) is 6.95. The summed E-state index contributed by atoms with van der Waals surface area (Å²) in [5.41, 5.74) is 0.548. The van der Waals surface area contributed by atoms with Gasteiger partial charge in [0, 0.05) is 25.2 Å². The number of hydrogen-bond donors (Lipinski definition) is 1. The van der Waals surface area contributed by atoms with E-state index in [1.807, 2.05) is 0 Å². The number of methoxy groups -OCH3 is 1. The second-order valence-corrected chi connectivity index (χ2v) is 8.02. The van der Waals surface area contributed by atoms with Crippen molar-refractivity contribution in [1.29, 1.82) is 0 Å². The molecular weight excluding hydrogens is 368 g/mol. The molecule has 0 aliphatic heterocycles. The van der Waals surface area contributed by atoms with Crippen molar-refractivity contribution in [3.8, 4) is 5.75 Å². The molecule has 2 aromatic rings. The van der Waals surface area contributed by atoms with Gasteiger partial charge in [0.1, 0.15) is 5.75 Å². The first-order valence-corrected chi connectivity index (χ1v) is 9.93. The number of sulfone groups is 1. The van der Waals surface area contributed by atoms with E-state index < -0.39 is 15.7 Å². The van der Waals surface area contributed by atoms with E-state index in [1.165, 1.54) is 31.2 Å². The lowest BCUT2D eigenvalue weighted by molar-refractivity contribution is -0.132. The summed E-state index contributed by atoms with van der Waals surface area (Å²) >= 11 is 0. The molecule has 0 aromatic heterocycles. The topological polar surface area (TPSA) is 92.8 Å². The Morgan fingerprint density at radius 3 is 2.44 bits per heavy atom. The van der Waals surface area contributed by atoms with E-state index in [2.05, 4.69) is 5.32 Å². The second-order valence-electron chi connectivity index (χ2n) is 5.91. The summed E-state index contributed by atoms with van der Waals surface area (Å²) in [5, 5.41) is 2.67. The van der Waals surface area contributed by atoms with Gasteiger partial charge in [-0.2, -0.15) is 0 Å². The van der Waals surface area contributed by atoms with Gasteiger partial charge in [-0.15, -0.1) is 0 Å². The van der Waals surface area contributed by atoms with Crippen molar-refractivity contribution in [3.05, 3.63) is 54.6 Å². The normalized spacial score (nSPS) is 10.9. The first kappa shape index (κ1) is 20.4.